The number of carboxylic acids is 4. The average molecular weight is 474 g/mol. The molecular weight excluding hydrogens is 448 g/mol. The Morgan fingerprint density at radius 3 is 1.15 bits per heavy atom. The summed E-state index contributed by atoms with van der Waals surface area (Å²) in [4.78, 5) is 43.4. The topological polar surface area (TPSA) is 190 Å². The first kappa shape index (κ1) is 29.7. The van der Waals surface area contributed by atoms with Crippen molar-refractivity contribution >= 4 is 23.9 Å². The summed E-state index contributed by atoms with van der Waals surface area (Å²) in [5.74, 6) is -4.94. The van der Waals surface area contributed by atoms with E-state index in [4.69, 9.17) is 30.6 Å². The highest BCUT2D eigenvalue weighted by Crippen LogP contribution is 2.17. The number of hydrogen-bond acceptors (Lipinski definition) is 6. The maximum Gasteiger partial charge on any atom is 0.336 e. The summed E-state index contributed by atoms with van der Waals surface area (Å²) in [5, 5.41) is 50.7. The minimum atomic E-state index is -1.24. The van der Waals surface area contributed by atoms with Crippen LogP contribution in [0.5, 0.6) is 0 Å². The van der Waals surface area contributed by atoms with Gasteiger partial charge in [-0.3, -0.25) is 0 Å². The zero-order chi connectivity index (χ0) is 26.3. The van der Waals surface area contributed by atoms with Crippen molar-refractivity contribution in [1.29, 1.82) is 0 Å². The Morgan fingerprint density at radius 2 is 0.941 bits per heavy atom. The third kappa shape index (κ3) is 9.07. The fraction of sp³-hybridized carbons (Fsp3) is 0.167. The Balaban J connectivity index is 0.000000554. The van der Waals surface area contributed by atoms with Gasteiger partial charge in [0.1, 0.15) is 0 Å². The maximum atomic E-state index is 10.9. The summed E-state index contributed by atoms with van der Waals surface area (Å²) in [6.07, 6.45) is 3.74. The summed E-state index contributed by atoms with van der Waals surface area (Å²) in [5.41, 5.74) is 0.202. The summed E-state index contributed by atoms with van der Waals surface area (Å²) >= 11 is 0. The quantitative estimate of drug-likeness (QED) is 0.295. The number of carbonyl (C=O) groups is 4. The molecule has 0 radical (unpaired) electrons. The van der Waals surface area contributed by atoms with Crippen molar-refractivity contribution in [3.05, 3.63) is 95.1 Å². The fourth-order valence-electron chi connectivity index (χ4n) is 2.71. The Labute approximate surface area is 195 Å². The molecule has 0 heterocycles. The van der Waals surface area contributed by atoms with Crippen LogP contribution in [-0.2, 0) is 12.8 Å². The first-order valence-corrected chi connectivity index (χ1v) is 9.67. The van der Waals surface area contributed by atoms with Crippen LogP contribution in [0.1, 0.15) is 52.6 Å². The number of aliphatic hydroxyl groups is 2. The van der Waals surface area contributed by atoms with E-state index in [1.807, 2.05) is 0 Å². The zero-order valence-corrected chi connectivity index (χ0v) is 18.2. The molecule has 10 heteroatoms. The molecule has 2 aromatic rings. The molecule has 0 amide bonds. The second-order valence-corrected chi connectivity index (χ2v) is 6.33. The molecule has 0 fully saturated rings. The van der Waals surface area contributed by atoms with Crippen LogP contribution in [0.2, 0.25) is 0 Å². The van der Waals surface area contributed by atoms with E-state index in [1.54, 1.807) is 12.1 Å². The number of hydrogen-bond donors (Lipinski definition) is 6. The lowest BCUT2D eigenvalue weighted by molar-refractivity contribution is 0.0650. The lowest BCUT2D eigenvalue weighted by atomic mass is 9.99. The first-order valence-electron chi connectivity index (χ1n) is 9.67. The molecule has 0 aliphatic carbocycles. The highest BCUT2D eigenvalue weighted by molar-refractivity contribution is 6.03. The SMILES string of the molecule is C=CCc1cccc(C(=O)O)c1C(=O)O.C=CCc1cccc(C(=O)O)c1C(=O)O.OCCO. The van der Waals surface area contributed by atoms with E-state index in [2.05, 4.69) is 13.2 Å². The number of aromatic carboxylic acids is 4. The van der Waals surface area contributed by atoms with Crippen LogP contribution < -0.4 is 0 Å². The summed E-state index contributed by atoms with van der Waals surface area (Å²) in [7, 11) is 0. The molecule has 0 saturated carbocycles. The van der Waals surface area contributed by atoms with Gasteiger partial charge in [-0.25, -0.2) is 19.2 Å². The number of aliphatic hydroxyl groups excluding tert-OH is 2. The molecule has 0 saturated heterocycles. The third-order valence-electron chi connectivity index (χ3n) is 4.02. The van der Waals surface area contributed by atoms with E-state index >= 15 is 0 Å². The van der Waals surface area contributed by atoms with Gasteiger partial charge in [-0.2, -0.15) is 0 Å². The standard InChI is InChI=1S/2C11H10O4.C2H6O2/c2*1-2-4-7-5-3-6-8(10(12)13)9(7)11(14)15;3-1-2-4/h2*2-3,5-6H,1,4H2,(H,12,13)(H,14,15);3-4H,1-2H2. The molecular formula is C24H26O10. The molecule has 2 rings (SSSR count). The Bertz CT molecular complexity index is 957. The van der Waals surface area contributed by atoms with Crippen molar-refractivity contribution in [2.75, 3.05) is 13.2 Å². The van der Waals surface area contributed by atoms with Crippen molar-refractivity contribution in [1.82, 2.24) is 0 Å². The molecule has 0 aliphatic rings. The number of carboxylic acid groups (broad SMARTS) is 4. The van der Waals surface area contributed by atoms with Crippen molar-refractivity contribution in [3.63, 3.8) is 0 Å². The second-order valence-electron chi connectivity index (χ2n) is 6.33. The fourth-order valence-corrected chi connectivity index (χ4v) is 2.71. The molecule has 10 nitrogen and oxygen atoms in total. The van der Waals surface area contributed by atoms with Crippen molar-refractivity contribution in [2.45, 2.75) is 12.8 Å². The highest BCUT2D eigenvalue weighted by Gasteiger charge is 2.19. The predicted molar refractivity (Wildman–Crippen MR) is 123 cm³/mol. The van der Waals surface area contributed by atoms with E-state index in [1.165, 1.54) is 36.4 Å². The van der Waals surface area contributed by atoms with Gasteiger partial charge < -0.3 is 30.6 Å². The normalized spacial score (nSPS) is 9.35. The van der Waals surface area contributed by atoms with Crippen LogP contribution in [-0.4, -0.2) is 67.7 Å². The molecule has 0 spiro atoms. The molecule has 0 aromatic heterocycles. The van der Waals surface area contributed by atoms with Gasteiger partial charge in [0.15, 0.2) is 0 Å². The lowest BCUT2D eigenvalue weighted by Gasteiger charge is -2.06. The van der Waals surface area contributed by atoms with Gasteiger partial charge in [0.2, 0.25) is 0 Å². The molecule has 0 bridgehead atoms. The van der Waals surface area contributed by atoms with Crippen LogP contribution in [0.15, 0.2) is 61.7 Å². The van der Waals surface area contributed by atoms with E-state index in [0.717, 1.165) is 0 Å². The van der Waals surface area contributed by atoms with E-state index in [0.29, 0.717) is 24.0 Å². The lowest BCUT2D eigenvalue weighted by Crippen LogP contribution is -2.11. The number of benzene rings is 2. The third-order valence-corrected chi connectivity index (χ3v) is 4.02. The van der Waals surface area contributed by atoms with E-state index in [9.17, 15) is 19.2 Å². The van der Waals surface area contributed by atoms with Crippen LogP contribution in [0, 0.1) is 0 Å². The minimum Gasteiger partial charge on any atom is -0.478 e. The van der Waals surface area contributed by atoms with Gasteiger partial charge in [0, 0.05) is 0 Å². The van der Waals surface area contributed by atoms with E-state index in [-0.39, 0.29) is 35.5 Å². The van der Waals surface area contributed by atoms with E-state index < -0.39 is 23.9 Å². The summed E-state index contributed by atoms with van der Waals surface area (Å²) in [6, 6.07) is 8.76. The monoisotopic (exact) mass is 474 g/mol. The van der Waals surface area contributed by atoms with Gasteiger partial charge in [0.05, 0.1) is 35.5 Å². The molecule has 182 valence electrons. The second kappa shape index (κ2) is 15.5. The molecule has 0 atom stereocenters. The van der Waals surface area contributed by atoms with Gasteiger partial charge in [-0.1, -0.05) is 36.4 Å². The maximum absolute atomic E-state index is 10.9. The Hall–Kier alpha value is -4.28. The number of rotatable bonds is 9. The Morgan fingerprint density at radius 1 is 0.618 bits per heavy atom. The van der Waals surface area contributed by atoms with Crippen LogP contribution >= 0.6 is 0 Å². The van der Waals surface area contributed by atoms with Crippen molar-refractivity contribution < 1.29 is 49.8 Å². The Kier molecular flexibility index (Phi) is 13.6. The van der Waals surface area contributed by atoms with Crippen molar-refractivity contribution in [2.24, 2.45) is 0 Å². The molecule has 2 aromatic carbocycles. The van der Waals surface area contributed by atoms with Crippen molar-refractivity contribution in [3.8, 4) is 0 Å². The van der Waals surface area contributed by atoms with Gasteiger partial charge in [-0.05, 0) is 36.1 Å². The summed E-state index contributed by atoms with van der Waals surface area (Å²) < 4.78 is 0. The number of allylic oxidation sites excluding steroid dienone is 2. The van der Waals surface area contributed by atoms with Gasteiger partial charge in [0.25, 0.3) is 0 Å². The zero-order valence-electron chi connectivity index (χ0n) is 18.2. The molecule has 0 unspecified atom stereocenters. The minimum absolute atomic E-state index is 0.125. The average Bonchev–Trinajstić information content (AvgIpc) is 2.79. The molecule has 0 aliphatic heterocycles. The van der Waals surface area contributed by atoms with Gasteiger partial charge >= 0.3 is 23.9 Å². The molecule has 34 heavy (non-hydrogen) atoms. The smallest absolute Gasteiger partial charge is 0.336 e. The predicted octanol–water partition coefficient (Wildman–Crippen LogP) is 2.59. The highest BCUT2D eigenvalue weighted by atomic mass is 16.4. The largest absolute Gasteiger partial charge is 0.478 e. The first-order chi connectivity index (χ1) is 16.1. The molecule has 6 N–H and O–H groups in total. The van der Waals surface area contributed by atoms with Crippen LogP contribution in [0.25, 0.3) is 0 Å². The van der Waals surface area contributed by atoms with Crippen LogP contribution in [0.4, 0.5) is 0 Å². The van der Waals surface area contributed by atoms with Gasteiger partial charge in [-0.15, -0.1) is 13.2 Å². The van der Waals surface area contributed by atoms with Crippen LogP contribution in [0.3, 0.4) is 0 Å². The summed E-state index contributed by atoms with van der Waals surface area (Å²) in [6.45, 7) is 6.73.